The number of benzene rings is 2. The molecule has 4 nitrogen and oxygen atoms in total. The molecule has 2 aromatic carbocycles. The third kappa shape index (κ3) is 2.49. The molecule has 24 heavy (non-hydrogen) atoms. The Morgan fingerprint density at radius 2 is 1.71 bits per heavy atom. The Balaban J connectivity index is 1.81. The van der Waals surface area contributed by atoms with Crippen LogP contribution in [0.2, 0.25) is 0 Å². The van der Waals surface area contributed by atoms with Crippen molar-refractivity contribution in [2.75, 3.05) is 10.2 Å². The monoisotopic (exact) mass is 334 g/mol. The summed E-state index contributed by atoms with van der Waals surface area (Å²) < 4.78 is 0. The van der Waals surface area contributed by atoms with E-state index in [-0.39, 0.29) is 18.2 Å². The summed E-state index contributed by atoms with van der Waals surface area (Å²) >= 11 is 1.42. The Labute approximate surface area is 143 Å². The lowest BCUT2D eigenvalue weighted by molar-refractivity contribution is -0.117. The Morgan fingerprint density at radius 1 is 0.958 bits per heavy atom. The van der Waals surface area contributed by atoms with Crippen LogP contribution >= 0.6 is 11.3 Å². The predicted octanol–water partition coefficient (Wildman–Crippen LogP) is 4.22. The Bertz CT molecular complexity index is 918. The summed E-state index contributed by atoms with van der Waals surface area (Å²) in [4.78, 5) is 27.1. The number of rotatable bonds is 2. The fraction of sp³-hybridized carbons (Fsp3) is 0.0526. The summed E-state index contributed by atoms with van der Waals surface area (Å²) in [7, 11) is 0. The summed E-state index contributed by atoms with van der Waals surface area (Å²) in [6.45, 7) is 0. The van der Waals surface area contributed by atoms with Gasteiger partial charge in [0.15, 0.2) is 0 Å². The number of para-hydroxylation sites is 2. The lowest BCUT2D eigenvalue weighted by Gasteiger charge is -2.22. The van der Waals surface area contributed by atoms with Gasteiger partial charge in [-0.05, 0) is 17.7 Å². The van der Waals surface area contributed by atoms with Gasteiger partial charge in [-0.3, -0.25) is 14.5 Å². The van der Waals surface area contributed by atoms with Gasteiger partial charge in [0.05, 0.1) is 29.0 Å². The summed E-state index contributed by atoms with van der Waals surface area (Å²) in [6.07, 6.45) is 0.276. The van der Waals surface area contributed by atoms with Crippen molar-refractivity contribution in [2.45, 2.75) is 6.42 Å². The molecule has 0 saturated carbocycles. The van der Waals surface area contributed by atoms with Crippen molar-refractivity contribution in [3.05, 3.63) is 76.5 Å². The molecule has 4 rings (SSSR count). The van der Waals surface area contributed by atoms with Crippen LogP contribution in [-0.4, -0.2) is 11.8 Å². The zero-order valence-electron chi connectivity index (χ0n) is 12.7. The van der Waals surface area contributed by atoms with Crippen LogP contribution in [0.3, 0.4) is 0 Å². The van der Waals surface area contributed by atoms with Crippen molar-refractivity contribution < 1.29 is 9.59 Å². The number of fused-ring (bicyclic) bond motifs is 2. The molecule has 0 atom stereocenters. The topological polar surface area (TPSA) is 49.4 Å². The van der Waals surface area contributed by atoms with Crippen LogP contribution in [0.4, 0.5) is 17.1 Å². The molecule has 1 aromatic heterocycles. The summed E-state index contributed by atoms with van der Waals surface area (Å²) in [5.74, 6) is -0.251. The highest BCUT2D eigenvalue weighted by Crippen LogP contribution is 2.39. The zero-order valence-corrected chi connectivity index (χ0v) is 13.5. The average Bonchev–Trinajstić information content (AvgIpc) is 3.03. The third-order valence-corrected chi connectivity index (χ3v) is 4.70. The van der Waals surface area contributed by atoms with Crippen molar-refractivity contribution in [1.82, 2.24) is 0 Å². The quantitative estimate of drug-likeness (QED) is 0.763. The molecule has 118 valence electrons. The maximum atomic E-state index is 13.0. The molecule has 0 saturated heterocycles. The van der Waals surface area contributed by atoms with E-state index in [1.165, 1.54) is 11.3 Å². The minimum absolute atomic E-state index is 0.0650. The van der Waals surface area contributed by atoms with E-state index in [1.54, 1.807) is 10.3 Å². The molecule has 0 spiro atoms. The standard InChI is InChI=1S/C19H14N2O2S/c22-18(10-13-6-2-1-3-7-13)21-16-9-5-4-8-15(16)20-19(23)14-11-24-12-17(14)21/h1-9,11-12H,10H2,(H,20,23). The average molecular weight is 334 g/mol. The van der Waals surface area contributed by atoms with Crippen LogP contribution in [0, 0.1) is 0 Å². The molecule has 2 amide bonds. The second-order valence-corrected chi connectivity index (χ2v) is 6.28. The molecule has 2 heterocycles. The molecular formula is C19H14N2O2S. The maximum absolute atomic E-state index is 13.0. The number of amides is 2. The Morgan fingerprint density at radius 3 is 2.54 bits per heavy atom. The van der Waals surface area contributed by atoms with Gasteiger partial charge in [-0.1, -0.05) is 42.5 Å². The molecule has 1 N–H and O–H groups in total. The fourth-order valence-electron chi connectivity index (χ4n) is 2.85. The van der Waals surface area contributed by atoms with E-state index in [1.807, 2.05) is 60.0 Å². The van der Waals surface area contributed by atoms with E-state index in [9.17, 15) is 9.59 Å². The van der Waals surface area contributed by atoms with E-state index in [0.717, 1.165) is 5.56 Å². The highest BCUT2D eigenvalue weighted by atomic mass is 32.1. The molecule has 0 aliphatic carbocycles. The van der Waals surface area contributed by atoms with E-state index in [2.05, 4.69) is 5.32 Å². The van der Waals surface area contributed by atoms with Gasteiger partial charge in [0, 0.05) is 10.8 Å². The number of thiophene rings is 1. The van der Waals surface area contributed by atoms with E-state index in [4.69, 9.17) is 0 Å². The van der Waals surface area contributed by atoms with Crippen molar-refractivity contribution in [3.63, 3.8) is 0 Å². The first-order chi connectivity index (χ1) is 11.7. The Hall–Kier alpha value is -2.92. The highest BCUT2D eigenvalue weighted by molar-refractivity contribution is 7.08. The normalized spacial score (nSPS) is 12.8. The van der Waals surface area contributed by atoms with Gasteiger partial charge in [-0.25, -0.2) is 0 Å². The van der Waals surface area contributed by atoms with Gasteiger partial charge in [0.1, 0.15) is 0 Å². The zero-order chi connectivity index (χ0) is 16.5. The molecule has 1 aliphatic rings. The maximum Gasteiger partial charge on any atom is 0.258 e. The number of carbonyl (C=O) groups excluding carboxylic acids is 2. The molecule has 0 unspecified atom stereocenters. The lowest BCUT2D eigenvalue weighted by atomic mass is 10.1. The largest absolute Gasteiger partial charge is 0.320 e. The molecular weight excluding hydrogens is 320 g/mol. The first kappa shape index (κ1) is 14.7. The summed E-state index contributed by atoms with van der Waals surface area (Å²) in [5.41, 5.74) is 3.45. The molecule has 5 heteroatoms. The number of anilines is 3. The number of hydrogen-bond acceptors (Lipinski definition) is 3. The van der Waals surface area contributed by atoms with Gasteiger partial charge in [-0.2, -0.15) is 0 Å². The van der Waals surface area contributed by atoms with Crippen LogP contribution in [-0.2, 0) is 11.2 Å². The van der Waals surface area contributed by atoms with Gasteiger partial charge in [-0.15, -0.1) is 11.3 Å². The van der Waals surface area contributed by atoms with Gasteiger partial charge in [0.2, 0.25) is 5.91 Å². The minimum atomic E-state index is -0.186. The van der Waals surface area contributed by atoms with Crippen molar-refractivity contribution in [3.8, 4) is 0 Å². The fourth-order valence-corrected chi connectivity index (χ4v) is 3.64. The first-order valence-electron chi connectivity index (χ1n) is 7.57. The molecule has 0 bridgehead atoms. The lowest BCUT2D eigenvalue weighted by Crippen LogP contribution is -2.27. The number of hydrogen-bond donors (Lipinski definition) is 1. The predicted molar refractivity (Wildman–Crippen MR) is 96.0 cm³/mol. The number of nitrogens with one attached hydrogen (secondary N) is 1. The van der Waals surface area contributed by atoms with Crippen molar-refractivity contribution in [2.24, 2.45) is 0 Å². The molecule has 3 aromatic rings. The van der Waals surface area contributed by atoms with Gasteiger partial charge < -0.3 is 5.32 Å². The second kappa shape index (κ2) is 5.94. The SMILES string of the molecule is O=C1Nc2ccccc2N(C(=O)Cc2ccccc2)c2cscc21. The third-order valence-electron chi connectivity index (χ3n) is 3.97. The van der Waals surface area contributed by atoms with Crippen LogP contribution in [0.5, 0.6) is 0 Å². The summed E-state index contributed by atoms with van der Waals surface area (Å²) in [5, 5.41) is 6.51. The smallest absolute Gasteiger partial charge is 0.258 e. The highest BCUT2D eigenvalue weighted by Gasteiger charge is 2.29. The van der Waals surface area contributed by atoms with E-state index in [0.29, 0.717) is 22.6 Å². The van der Waals surface area contributed by atoms with Crippen molar-refractivity contribution in [1.29, 1.82) is 0 Å². The first-order valence-corrected chi connectivity index (χ1v) is 8.52. The summed E-state index contributed by atoms with van der Waals surface area (Å²) in [6, 6.07) is 17.0. The van der Waals surface area contributed by atoms with Crippen LogP contribution in [0.1, 0.15) is 15.9 Å². The molecule has 1 aliphatic heterocycles. The Kier molecular flexibility index (Phi) is 3.63. The van der Waals surface area contributed by atoms with E-state index < -0.39 is 0 Å². The number of nitrogens with zero attached hydrogens (tertiary/aromatic N) is 1. The van der Waals surface area contributed by atoms with Crippen LogP contribution < -0.4 is 10.2 Å². The van der Waals surface area contributed by atoms with E-state index >= 15 is 0 Å². The van der Waals surface area contributed by atoms with Crippen LogP contribution in [0.15, 0.2) is 65.4 Å². The number of carbonyl (C=O) groups is 2. The van der Waals surface area contributed by atoms with Gasteiger partial charge >= 0.3 is 0 Å². The molecule has 0 radical (unpaired) electrons. The van der Waals surface area contributed by atoms with Gasteiger partial charge in [0.25, 0.3) is 5.91 Å². The van der Waals surface area contributed by atoms with Crippen molar-refractivity contribution >= 4 is 40.2 Å². The molecule has 0 fully saturated rings. The second-order valence-electron chi connectivity index (χ2n) is 5.53. The minimum Gasteiger partial charge on any atom is -0.320 e. The van der Waals surface area contributed by atoms with Crippen LogP contribution in [0.25, 0.3) is 0 Å².